The molecule has 0 heterocycles. The van der Waals surface area contributed by atoms with E-state index in [1.807, 2.05) is 6.26 Å². The van der Waals surface area contributed by atoms with Gasteiger partial charge in [0.2, 0.25) is 0 Å². The van der Waals surface area contributed by atoms with Gasteiger partial charge in [0.1, 0.15) is 5.56 Å². The zero-order valence-electron chi connectivity index (χ0n) is 11.7. The summed E-state index contributed by atoms with van der Waals surface area (Å²) in [5.41, 5.74) is -0.148. The maximum Gasteiger partial charge on any atom is 0.282 e. The Labute approximate surface area is 126 Å². The molecule has 0 bridgehead atoms. The van der Waals surface area contributed by atoms with Crippen molar-refractivity contribution < 1.29 is 19.6 Å². The fourth-order valence-corrected chi connectivity index (χ4v) is 2.06. The van der Waals surface area contributed by atoms with Crippen molar-refractivity contribution in [3.63, 3.8) is 0 Å². The van der Waals surface area contributed by atoms with Gasteiger partial charge >= 0.3 is 0 Å². The predicted octanol–water partition coefficient (Wildman–Crippen LogP) is 1.45. The number of rotatable bonds is 9. The molecule has 0 aliphatic carbocycles. The summed E-state index contributed by atoms with van der Waals surface area (Å²) in [6, 6.07) is 4.47. The van der Waals surface area contributed by atoms with Crippen LogP contribution < -0.4 is 5.32 Å². The van der Waals surface area contributed by atoms with Crippen LogP contribution in [0.4, 0.5) is 5.69 Å². The molecule has 0 spiro atoms. The van der Waals surface area contributed by atoms with Gasteiger partial charge in [-0.3, -0.25) is 14.9 Å². The maximum absolute atomic E-state index is 12.0. The van der Waals surface area contributed by atoms with Crippen molar-refractivity contribution in [1.29, 1.82) is 0 Å². The van der Waals surface area contributed by atoms with Crippen LogP contribution in [0.1, 0.15) is 16.8 Å². The molecular weight excluding hydrogens is 296 g/mol. The van der Waals surface area contributed by atoms with E-state index < -0.39 is 10.8 Å². The maximum atomic E-state index is 12.0. The SMILES string of the molecule is CSc1ccc([N+](=O)[O-])c(C(=O)NCCCOCCO)c1. The lowest BCUT2D eigenvalue weighted by Crippen LogP contribution is -2.26. The molecule has 8 heteroatoms. The Morgan fingerprint density at radius 3 is 2.86 bits per heavy atom. The first-order valence-electron chi connectivity index (χ1n) is 6.39. The lowest BCUT2D eigenvalue weighted by molar-refractivity contribution is -0.385. The first kappa shape index (κ1) is 17.4. The van der Waals surface area contributed by atoms with Gasteiger partial charge in [0.25, 0.3) is 11.6 Å². The average Bonchev–Trinajstić information content (AvgIpc) is 2.49. The topological polar surface area (TPSA) is 102 Å². The highest BCUT2D eigenvalue weighted by Crippen LogP contribution is 2.24. The fourth-order valence-electron chi connectivity index (χ4n) is 1.62. The number of nitro benzene ring substituents is 1. The third kappa shape index (κ3) is 5.70. The number of carbonyl (C=O) groups is 1. The second-order valence-corrected chi connectivity index (χ2v) is 4.97. The molecule has 1 aromatic carbocycles. The standard InChI is InChI=1S/C13H18N2O5S/c1-21-10-3-4-12(15(18)19)11(9-10)13(17)14-5-2-7-20-8-6-16/h3-4,9,16H,2,5-8H2,1H3,(H,14,17). The summed E-state index contributed by atoms with van der Waals surface area (Å²) in [6.45, 7) is 0.980. The number of hydrogen-bond donors (Lipinski definition) is 2. The number of amides is 1. The second-order valence-electron chi connectivity index (χ2n) is 4.09. The van der Waals surface area contributed by atoms with Crippen molar-refractivity contribution in [2.45, 2.75) is 11.3 Å². The predicted molar refractivity (Wildman–Crippen MR) is 79.7 cm³/mol. The number of nitrogens with one attached hydrogen (secondary N) is 1. The van der Waals surface area contributed by atoms with Gasteiger partial charge in [0.05, 0.1) is 18.1 Å². The molecule has 0 saturated heterocycles. The minimum Gasteiger partial charge on any atom is -0.394 e. The van der Waals surface area contributed by atoms with E-state index in [4.69, 9.17) is 9.84 Å². The molecule has 1 aromatic rings. The molecule has 0 atom stereocenters. The zero-order valence-corrected chi connectivity index (χ0v) is 12.5. The fraction of sp³-hybridized carbons (Fsp3) is 0.462. The van der Waals surface area contributed by atoms with Crippen molar-refractivity contribution in [3.05, 3.63) is 33.9 Å². The third-order valence-electron chi connectivity index (χ3n) is 2.63. The van der Waals surface area contributed by atoms with Crippen LogP contribution in [0.5, 0.6) is 0 Å². The van der Waals surface area contributed by atoms with E-state index in [1.165, 1.54) is 23.9 Å². The minimum atomic E-state index is -0.566. The number of nitro groups is 1. The van der Waals surface area contributed by atoms with Crippen molar-refractivity contribution in [2.75, 3.05) is 32.6 Å². The molecule has 7 nitrogen and oxygen atoms in total. The molecular formula is C13H18N2O5S. The Balaban J connectivity index is 2.61. The molecule has 0 radical (unpaired) electrons. The van der Waals surface area contributed by atoms with Crippen LogP contribution in [-0.4, -0.2) is 48.6 Å². The van der Waals surface area contributed by atoms with Gasteiger partial charge in [-0.1, -0.05) is 0 Å². The highest BCUT2D eigenvalue weighted by atomic mass is 32.2. The molecule has 0 aliphatic heterocycles. The number of thioether (sulfide) groups is 1. The van der Waals surface area contributed by atoms with Crippen molar-refractivity contribution in [3.8, 4) is 0 Å². The molecule has 0 aromatic heterocycles. The van der Waals surface area contributed by atoms with Gasteiger partial charge in [0.15, 0.2) is 0 Å². The van der Waals surface area contributed by atoms with Crippen LogP contribution in [0.25, 0.3) is 0 Å². The molecule has 1 rings (SSSR count). The van der Waals surface area contributed by atoms with Gasteiger partial charge in [-0.15, -0.1) is 11.8 Å². The Hall–Kier alpha value is -1.64. The number of carbonyl (C=O) groups excluding carboxylic acids is 1. The number of ether oxygens (including phenoxy) is 1. The molecule has 0 aliphatic rings. The largest absolute Gasteiger partial charge is 0.394 e. The van der Waals surface area contributed by atoms with Gasteiger partial charge in [0, 0.05) is 24.1 Å². The number of hydrogen-bond acceptors (Lipinski definition) is 6. The van der Waals surface area contributed by atoms with E-state index in [0.717, 1.165) is 4.90 Å². The molecule has 116 valence electrons. The number of benzene rings is 1. The molecule has 1 amide bonds. The van der Waals surface area contributed by atoms with Crippen LogP contribution in [0, 0.1) is 10.1 Å². The highest BCUT2D eigenvalue weighted by molar-refractivity contribution is 7.98. The van der Waals surface area contributed by atoms with Crippen LogP contribution >= 0.6 is 11.8 Å². The van der Waals surface area contributed by atoms with Crippen LogP contribution in [0.15, 0.2) is 23.1 Å². The normalized spacial score (nSPS) is 10.4. The van der Waals surface area contributed by atoms with Gasteiger partial charge < -0.3 is 15.2 Å². The van der Waals surface area contributed by atoms with E-state index in [-0.39, 0.29) is 24.5 Å². The average molecular weight is 314 g/mol. The van der Waals surface area contributed by atoms with E-state index in [0.29, 0.717) is 19.6 Å². The van der Waals surface area contributed by atoms with Crippen molar-refractivity contribution in [1.82, 2.24) is 5.32 Å². The monoisotopic (exact) mass is 314 g/mol. The minimum absolute atomic E-state index is 0.0416. The molecule has 0 fully saturated rings. The number of aliphatic hydroxyl groups is 1. The lowest BCUT2D eigenvalue weighted by Gasteiger charge is -2.07. The van der Waals surface area contributed by atoms with E-state index >= 15 is 0 Å². The third-order valence-corrected chi connectivity index (χ3v) is 3.36. The number of nitrogens with zero attached hydrogens (tertiary/aromatic N) is 1. The number of aliphatic hydroxyl groups excluding tert-OH is 1. The quantitative estimate of drug-likeness (QED) is 0.309. The molecule has 21 heavy (non-hydrogen) atoms. The zero-order chi connectivity index (χ0) is 15.7. The van der Waals surface area contributed by atoms with Gasteiger partial charge in [-0.05, 0) is 24.8 Å². The first-order valence-corrected chi connectivity index (χ1v) is 7.62. The summed E-state index contributed by atoms with van der Waals surface area (Å²) in [6.07, 6.45) is 2.41. The Kier molecular flexibility index (Phi) is 7.73. The first-order chi connectivity index (χ1) is 10.1. The summed E-state index contributed by atoms with van der Waals surface area (Å²) in [4.78, 5) is 23.2. The summed E-state index contributed by atoms with van der Waals surface area (Å²) in [7, 11) is 0. The van der Waals surface area contributed by atoms with E-state index in [9.17, 15) is 14.9 Å². The summed E-state index contributed by atoms with van der Waals surface area (Å²) >= 11 is 1.41. The second kappa shape index (κ2) is 9.32. The van der Waals surface area contributed by atoms with E-state index in [1.54, 1.807) is 6.07 Å². The van der Waals surface area contributed by atoms with Crippen molar-refractivity contribution >= 4 is 23.4 Å². The van der Waals surface area contributed by atoms with Gasteiger partial charge in [-0.25, -0.2) is 0 Å². The lowest BCUT2D eigenvalue weighted by atomic mass is 10.1. The van der Waals surface area contributed by atoms with Crippen LogP contribution in [-0.2, 0) is 4.74 Å². The summed E-state index contributed by atoms with van der Waals surface area (Å²) in [5, 5.41) is 22.1. The van der Waals surface area contributed by atoms with E-state index in [2.05, 4.69) is 5.32 Å². The Bertz CT molecular complexity index is 495. The van der Waals surface area contributed by atoms with Crippen molar-refractivity contribution in [2.24, 2.45) is 0 Å². The smallest absolute Gasteiger partial charge is 0.282 e. The summed E-state index contributed by atoms with van der Waals surface area (Å²) < 4.78 is 5.06. The highest BCUT2D eigenvalue weighted by Gasteiger charge is 2.20. The molecule has 0 unspecified atom stereocenters. The molecule has 2 N–H and O–H groups in total. The Morgan fingerprint density at radius 1 is 1.48 bits per heavy atom. The van der Waals surface area contributed by atoms with Crippen LogP contribution in [0.3, 0.4) is 0 Å². The molecule has 0 saturated carbocycles. The summed E-state index contributed by atoms with van der Waals surface area (Å²) in [5.74, 6) is -0.472. The van der Waals surface area contributed by atoms with Gasteiger partial charge in [-0.2, -0.15) is 0 Å². The van der Waals surface area contributed by atoms with Crippen LogP contribution in [0.2, 0.25) is 0 Å². The Morgan fingerprint density at radius 2 is 2.24 bits per heavy atom.